The zero-order valence-electron chi connectivity index (χ0n) is 12.3. The maximum atomic E-state index is 11.6. The molecule has 0 aliphatic heterocycles. The Balaban J connectivity index is 4.10. The van der Waals surface area contributed by atoms with Crippen LogP contribution in [0.4, 0.5) is 0 Å². The van der Waals surface area contributed by atoms with Crippen molar-refractivity contribution < 1.29 is 35.1 Å². The van der Waals surface area contributed by atoms with Crippen LogP contribution in [0.2, 0.25) is 0 Å². The first kappa shape index (κ1) is 20.0. The molecule has 0 aromatic rings. The Kier molecular flexibility index (Phi) is 10.2. The summed E-state index contributed by atoms with van der Waals surface area (Å²) in [4.78, 5) is 22.1. The summed E-state index contributed by atoms with van der Waals surface area (Å²) in [7, 11) is 0. The van der Waals surface area contributed by atoms with Crippen LogP contribution < -0.4 is 0 Å². The standard InChI is InChI=1S/C14H26O7/c1-2-3-4-5-6-7-8-9(15)10(16)11(17)12(18)13(19)14(20)21/h10-13,16-19H,2-8H2,1H3,(H,20,21). The SMILES string of the molecule is CCCCCCCCC(=O)C(O)C(O)C(O)C(O)C(=O)O. The van der Waals surface area contributed by atoms with Gasteiger partial charge in [-0.3, -0.25) is 4.79 Å². The monoisotopic (exact) mass is 306 g/mol. The molecule has 4 atom stereocenters. The Morgan fingerprint density at radius 2 is 1.29 bits per heavy atom. The van der Waals surface area contributed by atoms with Gasteiger partial charge in [0.05, 0.1) is 0 Å². The molecule has 4 unspecified atom stereocenters. The summed E-state index contributed by atoms with van der Waals surface area (Å²) < 4.78 is 0. The number of aliphatic carboxylic acids is 1. The number of carboxylic acids is 1. The fraction of sp³-hybridized carbons (Fsp3) is 0.857. The minimum absolute atomic E-state index is 0.0419. The van der Waals surface area contributed by atoms with E-state index in [0.717, 1.165) is 32.1 Å². The summed E-state index contributed by atoms with van der Waals surface area (Å²) in [6.45, 7) is 2.10. The van der Waals surface area contributed by atoms with Crippen molar-refractivity contribution in [3.05, 3.63) is 0 Å². The van der Waals surface area contributed by atoms with Gasteiger partial charge in [-0.2, -0.15) is 0 Å². The van der Waals surface area contributed by atoms with Gasteiger partial charge in [-0.1, -0.05) is 39.0 Å². The number of aliphatic hydroxyl groups is 4. The maximum absolute atomic E-state index is 11.6. The zero-order valence-corrected chi connectivity index (χ0v) is 12.3. The van der Waals surface area contributed by atoms with Crippen LogP contribution in [0, 0.1) is 0 Å². The van der Waals surface area contributed by atoms with Crippen molar-refractivity contribution in [2.45, 2.75) is 76.3 Å². The number of rotatable bonds is 12. The van der Waals surface area contributed by atoms with Gasteiger partial charge in [-0.25, -0.2) is 4.79 Å². The van der Waals surface area contributed by atoms with Gasteiger partial charge in [0.15, 0.2) is 11.9 Å². The van der Waals surface area contributed by atoms with E-state index in [1.54, 1.807) is 0 Å². The molecule has 0 rings (SSSR count). The molecule has 0 saturated heterocycles. The van der Waals surface area contributed by atoms with Crippen LogP contribution in [-0.2, 0) is 9.59 Å². The molecule has 0 fully saturated rings. The van der Waals surface area contributed by atoms with Gasteiger partial charge in [0, 0.05) is 6.42 Å². The van der Waals surface area contributed by atoms with E-state index in [9.17, 15) is 24.9 Å². The average molecular weight is 306 g/mol. The van der Waals surface area contributed by atoms with Crippen LogP contribution in [0.15, 0.2) is 0 Å². The number of Topliss-reactive ketones (excluding diaryl/α,β-unsaturated/α-hetero) is 1. The van der Waals surface area contributed by atoms with Crippen molar-refractivity contribution in [3.63, 3.8) is 0 Å². The van der Waals surface area contributed by atoms with Crippen LogP contribution in [0.1, 0.15) is 51.9 Å². The normalized spacial score (nSPS) is 17.0. The topological polar surface area (TPSA) is 135 Å². The highest BCUT2D eigenvalue weighted by molar-refractivity contribution is 5.83. The molecule has 21 heavy (non-hydrogen) atoms. The summed E-state index contributed by atoms with van der Waals surface area (Å²) in [6.07, 6.45) is -2.54. The number of hydrogen-bond acceptors (Lipinski definition) is 6. The third-order valence-corrected chi connectivity index (χ3v) is 3.36. The number of carboxylic acid groups (broad SMARTS) is 1. The summed E-state index contributed by atoms with van der Waals surface area (Å²) >= 11 is 0. The summed E-state index contributed by atoms with van der Waals surface area (Å²) in [5.41, 5.74) is 0. The molecule has 0 heterocycles. The fourth-order valence-electron chi connectivity index (χ4n) is 1.94. The Bertz CT molecular complexity index is 318. The molecule has 0 radical (unpaired) electrons. The summed E-state index contributed by atoms with van der Waals surface area (Å²) in [6, 6.07) is 0. The number of aliphatic hydroxyl groups excluding tert-OH is 4. The largest absolute Gasteiger partial charge is 0.479 e. The van der Waals surface area contributed by atoms with Gasteiger partial charge >= 0.3 is 5.97 Å². The van der Waals surface area contributed by atoms with Gasteiger partial charge < -0.3 is 25.5 Å². The number of ketones is 1. The first-order chi connectivity index (χ1) is 9.82. The minimum atomic E-state index is -2.25. The molecular weight excluding hydrogens is 280 g/mol. The minimum Gasteiger partial charge on any atom is -0.479 e. The zero-order chi connectivity index (χ0) is 16.4. The first-order valence-electron chi connectivity index (χ1n) is 7.30. The van der Waals surface area contributed by atoms with E-state index in [1.165, 1.54) is 0 Å². The Morgan fingerprint density at radius 3 is 1.81 bits per heavy atom. The van der Waals surface area contributed by atoms with E-state index in [0.29, 0.717) is 6.42 Å². The van der Waals surface area contributed by atoms with Crippen LogP contribution in [0.3, 0.4) is 0 Å². The van der Waals surface area contributed by atoms with Crippen molar-refractivity contribution >= 4 is 11.8 Å². The molecule has 0 aromatic heterocycles. The van der Waals surface area contributed by atoms with Crippen molar-refractivity contribution in [1.29, 1.82) is 0 Å². The second kappa shape index (κ2) is 10.7. The second-order valence-electron chi connectivity index (χ2n) is 5.19. The van der Waals surface area contributed by atoms with Gasteiger partial charge in [-0.15, -0.1) is 0 Å². The fourth-order valence-corrected chi connectivity index (χ4v) is 1.94. The molecule has 7 heteroatoms. The molecule has 7 nitrogen and oxygen atoms in total. The molecule has 0 aromatic carbocycles. The van der Waals surface area contributed by atoms with E-state index in [1.807, 2.05) is 0 Å². The number of hydrogen-bond donors (Lipinski definition) is 5. The number of carbonyl (C=O) groups is 2. The van der Waals surface area contributed by atoms with Crippen LogP contribution in [-0.4, -0.2) is 61.7 Å². The molecule has 0 saturated carbocycles. The average Bonchev–Trinajstić information content (AvgIpc) is 2.47. The highest BCUT2D eigenvalue weighted by atomic mass is 16.4. The Hall–Kier alpha value is -1.02. The van der Waals surface area contributed by atoms with Crippen LogP contribution in [0.5, 0.6) is 0 Å². The summed E-state index contributed by atoms with van der Waals surface area (Å²) in [5, 5.41) is 46.0. The molecule has 0 bridgehead atoms. The lowest BCUT2D eigenvalue weighted by atomic mass is 9.97. The van der Waals surface area contributed by atoms with Crippen LogP contribution in [0.25, 0.3) is 0 Å². The Morgan fingerprint density at radius 1 is 0.810 bits per heavy atom. The predicted octanol–water partition coefficient (Wildman–Crippen LogP) is -0.166. The third-order valence-electron chi connectivity index (χ3n) is 3.36. The Labute approximate surface area is 124 Å². The van der Waals surface area contributed by atoms with E-state index >= 15 is 0 Å². The second-order valence-corrected chi connectivity index (χ2v) is 5.19. The lowest BCUT2D eigenvalue weighted by molar-refractivity contribution is -0.165. The number of unbranched alkanes of at least 4 members (excludes halogenated alkanes) is 5. The molecule has 0 aliphatic rings. The van der Waals surface area contributed by atoms with Crippen molar-refractivity contribution in [1.82, 2.24) is 0 Å². The number of carbonyl (C=O) groups excluding carboxylic acids is 1. The van der Waals surface area contributed by atoms with E-state index < -0.39 is 36.2 Å². The molecule has 124 valence electrons. The molecule has 0 spiro atoms. The molecule has 5 N–H and O–H groups in total. The highest BCUT2D eigenvalue weighted by Gasteiger charge is 2.36. The molecule has 0 aliphatic carbocycles. The molecular formula is C14H26O7. The van der Waals surface area contributed by atoms with Crippen LogP contribution >= 0.6 is 0 Å². The molecule has 0 amide bonds. The van der Waals surface area contributed by atoms with Gasteiger partial charge in [0.2, 0.25) is 0 Å². The first-order valence-corrected chi connectivity index (χ1v) is 7.30. The van der Waals surface area contributed by atoms with E-state index in [2.05, 4.69) is 6.92 Å². The third kappa shape index (κ3) is 7.52. The van der Waals surface area contributed by atoms with E-state index in [-0.39, 0.29) is 6.42 Å². The van der Waals surface area contributed by atoms with Crippen molar-refractivity contribution in [2.24, 2.45) is 0 Å². The van der Waals surface area contributed by atoms with Gasteiger partial charge in [-0.05, 0) is 6.42 Å². The maximum Gasteiger partial charge on any atom is 0.335 e. The quantitative estimate of drug-likeness (QED) is 0.316. The van der Waals surface area contributed by atoms with Crippen molar-refractivity contribution in [3.8, 4) is 0 Å². The lowest BCUT2D eigenvalue weighted by Crippen LogP contribution is -2.50. The predicted molar refractivity (Wildman–Crippen MR) is 74.7 cm³/mol. The lowest BCUT2D eigenvalue weighted by Gasteiger charge is -2.23. The smallest absolute Gasteiger partial charge is 0.335 e. The van der Waals surface area contributed by atoms with Gasteiger partial charge in [0.1, 0.15) is 18.3 Å². The van der Waals surface area contributed by atoms with E-state index in [4.69, 9.17) is 10.2 Å². The highest BCUT2D eigenvalue weighted by Crippen LogP contribution is 2.12. The van der Waals surface area contributed by atoms with Gasteiger partial charge in [0.25, 0.3) is 0 Å². The van der Waals surface area contributed by atoms with Crippen molar-refractivity contribution in [2.75, 3.05) is 0 Å². The summed E-state index contributed by atoms with van der Waals surface area (Å²) in [5.74, 6) is -2.41.